The van der Waals surface area contributed by atoms with Crippen LogP contribution in [0.1, 0.15) is 29.0 Å². The quantitative estimate of drug-likeness (QED) is 0.698. The van der Waals surface area contributed by atoms with Crippen LogP contribution in [0, 0.1) is 0 Å². The molecule has 0 unspecified atom stereocenters. The molecule has 1 fully saturated rings. The van der Waals surface area contributed by atoms with Crippen LogP contribution in [-0.2, 0) is 10.0 Å². The number of piperazine rings is 1. The van der Waals surface area contributed by atoms with Crippen molar-refractivity contribution in [3.8, 4) is 11.4 Å². The lowest BCUT2D eigenvalue weighted by atomic mass is 10.0. The van der Waals surface area contributed by atoms with Gasteiger partial charge >= 0.3 is 0 Å². The molecule has 0 bridgehead atoms. The maximum Gasteiger partial charge on any atom is 0.269 e. The summed E-state index contributed by atoms with van der Waals surface area (Å²) in [5.41, 5.74) is 1.74. The van der Waals surface area contributed by atoms with Gasteiger partial charge in [-0.25, -0.2) is 23.4 Å². The second-order valence-electron chi connectivity index (χ2n) is 6.59. The molecule has 1 amide bonds. The number of rotatable bonds is 4. The number of aromatic nitrogens is 3. The van der Waals surface area contributed by atoms with Crippen molar-refractivity contribution in [3.63, 3.8) is 0 Å². The first-order valence-electron chi connectivity index (χ1n) is 8.62. The van der Waals surface area contributed by atoms with Crippen LogP contribution in [0.4, 0.5) is 0 Å². The molecule has 1 aliphatic heterocycles. The Morgan fingerprint density at radius 1 is 1.25 bits per heavy atom. The molecule has 0 saturated carbocycles. The third-order valence-electron chi connectivity index (χ3n) is 4.49. The van der Waals surface area contributed by atoms with E-state index in [-0.39, 0.29) is 22.8 Å². The van der Waals surface area contributed by atoms with Crippen LogP contribution in [0.3, 0.4) is 0 Å². The minimum absolute atomic E-state index is 0.196. The molecule has 3 rings (SSSR count). The molecule has 0 aliphatic carbocycles. The largest absolute Gasteiger partial charge is 0.354 e. The Balaban J connectivity index is 2.06. The summed E-state index contributed by atoms with van der Waals surface area (Å²) >= 11 is 6.22. The molecule has 0 spiro atoms. The van der Waals surface area contributed by atoms with Crippen molar-refractivity contribution >= 4 is 27.5 Å². The second-order valence-corrected chi connectivity index (χ2v) is 8.87. The zero-order chi connectivity index (χ0) is 20.5. The van der Waals surface area contributed by atoms with Gasteiger partial charge in [0, 0.05) is 26.2 Å². The number of halogens is 1. The van der Waals surface area contributed by atoms with Crippen molar-refractivity contribution in [2.24, 2.45) is 0 Å². The monoisotopic (exact) mass is 424 g/mol. The van der Waals surface area contributed by atoms with Gasteiger partial charge in [0.05, 0.1) is 23.7 Å². The van der Waals surface area contributed by atoms with Gasteiger partial charge in [-0.3, -0.25) is 4.79 Å². The molecule has 0 aromatic carbocycles. The van der Waals surface area contributed by atoms with Gasteiger partial charge in [-0.05, 0) is 30.7 Å². The molecule has 2 aromatic heterocycles. The molecule has 3 heterocycles. The topological polar surface area (TPSA) is 117 Å². The minimum atomic E-state index is -3.43. The Morgan fingerprint density at radius 3 is 2.68 bits per heavy atom. The highest BCUT2D eigenvalue weighted by Crippen LogP contribution is 2.31. The van der Waals surface area contributed by atoms with Crippen molar-refractivity contribution < 1.29 is 13.2 Å². The molecule has 1 saturated heterocycles. The van der Waals surface area contributed by atoms with Gasteiger partial charge in [-0.15, -0.1) is 0 Å². The number of hydrogen-bond acceptors (Lipinski definition) is 7. The number of amides is 1. The first kappa shape index (κ1) is 20.6. The van der Waals surface area contributed by atoms with Crippen LogP contribution >= 0.6 is 11.6 Å². The van der Waals surface area contributed by atoms with E-state index in [1.165, 1.54) is 30.0 Å². The molecule has 11 heteroatoms. The first-order valence-corrected chi connectivity index (χ1v) is 10.8. The fourth-order valence-electron chi connectivity index (χ4n) is 3.33. The third kappa shape index (κ3) is 4.30. The van der Waals surface area contributed by atoms with Crippen LogP contribution in [-0.4, -0.2) is 66.0 Å². The van der Waals surface area contributed by atoms with E-state index >= 15 is 0 Å². The van der Waals surface area contributed by atoms with E-state index < -0.39 is 16.1 Å². The predicted molar refractivity (Wildman–Crippen MR) is 105 cm³/mol. The van der Waals surface area contributed by atoms with E-state index in [2.05, 4.69) is 25.6 Å². The Morgan fingerprint density at radius 2 is 2.00 bits per heavy atom. The van der Waals surface area contributed by atoms with Gasteiger partial charge < -0.3 is 10.6 Å². The van der Waals surface area contributed by atoms with Crippen molar-refractivity contribution in [2.45, 2.75) is 19.0 Å². The number of nitrogens with one attached hydrogen (secondary N) is 2. The van der Waals surface area contributed by atoms with Crippen LogP contribution in [0.2, 0.25) is 5.15 Å². The predicted octanol–water partition coefficient (Wildman–Crippen LogP) is 0.846. The van der Waals surface area contributed by atoms with Crippen molar-refractivity contribution in [1.82, 2.24) is 29.9 Å². The number of hydrogen-bond donors (Lipinski definition) is 2. The van der Waals surface area contributed by atoms with Crippen LogP contribution in [0.25, 0.3) is 11.4 Å². The minimum Gasteiger partial charge on any atom is -0.354 e. The maximum absolute atomic E-state index is 12.4. The Hall–Kier alpha value is -2.14. The number of carbonyl (C=O) groups is 1. The fourth-order valence-corrected chi connectivity index (χ4v) is 4.93. The third-order valence-corrected chi connectivity index (χ3v) is 6.07. The highest BCUT2D eigenvalue weighted by Gasteiger charge is 2.35. The molecular weight excluding hydrogens is 404 g/mol. The van der Waals surface area contributed by atoms with Crippen molar-refractivity contribution in [1.29, 1.82) is 0 Å². The second kappa shape index (κ2) is 8.08. The SMILES string of the molecule is CNC(=O)c1cc(-c2cc([C@@H]3CNC[C@@H](C)N3S(C)(=O)=O)cc(Cl)n2)ncn1. The van der Waals surface area contributed by atoms with Crippen LogP contribution < -0.4 is 10.6 Å². The maximum atomic E-state index is 12.4. The molecule has 2 N–H and O–H groups in total. The Kier molecular flexibility index (Phi) is 5.94. The van der Waals surface area contributed by atoms with Gasteiger partial charge in [0.15, 0.2) is 0 Å². The normalized spacial score (nSPS) is 20.7. The van der Waals surface area contributed by atoms with Gasteiger partial charge in [-0.2, -0.15) is 4.31 Å². The van der Waals surface area contributed by atoms with E-state index in [9.17, 15) is 13.2 Å². The fraction of sp³-hybridized carbons (Fsp3) is 0.412. The van der Waals surface area contributed by atoms with E-state index in [4.69, 9.17) is 11.6 Å². The molecule has 9 nitrogen and oxygen atoms in total. The Bertz CT molecular complexity index is 1000. The zero-order valence-corrected chi connectivity index (χ0v) is 17.3. The number of nitrogens with zero attached hydrogens (tertiary/aromatic N) is 4. The van der Waals surface area contributed by atoms with Gasteiger partial charge in [0.1, 0.15) is 17.2 Å². The number of pyridine rings is 1. The molecule has 150 valence electrons. The highest BCUT2D eigenvalue weighted by atomic mass is 35.5. The summed E-state index contributed by atoms with van der Waals surface area (Å²) in [5, 5.41) is 5.96. The lowest BCUT2D eigenvalue weighted by Gasteiger charge is -2.39. The molecular formula is C17H21ClN6O3S. The van der Waals surface area contributed by atoms with E-state index in [0.717, 1.165) is 0 Å². The molecule has 1 aliphatic rings. The lowest BCUT2D eigenvalue weighted by Crippen LogP contribution is -2.53. The standard InChI is InChI=1S/C17H21ClN6O3S/c1-10-7-20-8-15(24(10)28(3,26)27)11-4-13(23-16(18)5-11)12-6-14(17(25)19-2)22-9-21-12/h4-6,9-10,15,20H,7-8H2,1-3H3,(H,19,25)/t10-,15+/m1/s1. The average Bonchev–Trinajstić information content (AvgIpc) is 2.65. The van der Waals surface area contributed by atoms with Gasteiger partial charge in [0.2, 0.25) is 10.0 Å². The summed E-state index contributed by atoms with van der Waals surface area (Å²) in [6.07, 6.45) is 2.47. The van der Waals surface area contributed by atoms with Crippen molar-refractivity contribution in [2.75, 3.05) is 26.4 Å². The number of sulfonamides is 1. The molecule has 28 heavy (non-hydrogen) atoms. The number of carbonyl (C=O) groups excluding carboxylic acids is 1. The summed E-state index contributed by atoms with van der Waals surface area (Å²) in [6, 6.07) is 4.26. The zero-order valence-electron chi connectivity index (χ0n) is 15.7. The summed E-state index contributed by atoms with van der Waals surface area (Å²) < 4.78 is 26.2. The summed E-state index contributed by atoms with van der Waals surface area (Å²) in [5.74, 6) is -0.348. The van der Waals surface area contributed by atoms with E-state index in [1.54, 1.807) is 12.1 Å². The van der Waals surface area contributed by atoms with Crippen molar-refractivity contribution in [3.05, 3.63) is 40.9 Å². The lowest BCUT2D eigenvalue weighted by molar-refractivity contribution is 0.0958. The first-order chi connectivity index (χ1) is 13.2. The average molecular weight is 425 g/mol. The smallest absolute Gasteiger partial charge is 0.269 e. The van der Waals surface area contributed by atoms with Gasteiger partial charge in [-0.1, -0.05) is 11.6 Å². The highest BCUT2D eigenvalue weighted by molar-refractivity contribution is 7.88. The summed E-state index contributed by atoms with van der Waals surface area (Å²) in [7, 11) is -1.92. The molecule has 2 aromatic rings. The summed E-state index contributed by atoms with van der Waals surface area (Å²) in [4.78, 5) is 24.2. The molecule has 2 atom stereocenters. The van der Waals surface area contributed by atoms with Crippen LogP contribution in [0.5, 0.6) is 0 Å². The molecule has 0 radical (unpaired) electrons. The Labute approximate surface area is 168 Å². The van der Waals surface area contributed by atoms with Crippen LogP contribution in [0.15, 0.2) is 24.5 Å². The summed E-state index contributed by atoms with van der Waals surface area (Å²) in [6.45, 7) is 2.87. The van der Waals surface area contributed by atoms with Gasteiger partial charge in [0.25, 0.3) is 5.91 Å². The van der Waals surface area contributed by atoms with E-state index in [0.29, 0.717) is 30.0 Å². The van der Waals surface area contributed by atoms with E-state index in [1.807, 2.05) is 6.92 Å².